The molecule has 1 aromatic carbocycles. The van der Waals surface area contributed by atoms with E-state index in [-0.39, 0.29) is 5.54 Å². The summed E-state index contributed by atoms with van der Waals surface area (Å²) in [7, 11) is 0. The molecule has 4 aromatic heterocycles. The summed E-state index contributed by atoms with van der Waals surface area (Å²) < 4.78 is 0. The minimum Gasteiger partial charge on any atom is -0.356 e. The second-order valence-electron chi connectivity index (χ2n) is 8.62. The van der Waals surface area contributed by atoms with Gasteiger partial charge in [-0.25, -0.2) is 19.9 Å². The van der Waals surface area contributed by atoms with Crippen molar-refractivity contribution in [3.63, 3.8) is 0 Å². The van der Waals surface area contributed by atoms with Crippen LogP contribution in [-0.2, 0) is 6.42 Å². The first-order chi connectivity index (χ1) is 16.9. The van der Waals surface area contributed by atoms with E-state index < -0.39 is 0 Å². The van der Waals surface area contributed by atoms with Gasteiger partial charge in [-0.2, -0.15) is 0 Å². The highest BCUT2D eigenvalue weighted by Gasteiger charge is 2.32. The van der Waals surface area contributed by atoms with E-state index in [2.05, 4.69) is 34.8 Å². The molecule has 35 heavy (non-hydrogen) atoms. The Bertz CT molecular complexity index is 1460. The summed E-state index contributed by atoms with van der Waals surface area (Å²) in [5.41, 5.74) is 9.20. The minimum absolute atomic E-state index is 0.238. The predicted molar refractivity (Wildman–Crippen MR) is 141 cm³/mol. The Labute approximate surface area is 216 Å². The van der Waals surface area contributed by atoms with Gasteiger partial charge in [-0.3, -0.25) is 0 Å². The van der Waals surface area contributed by atoms with Crippen LogP contribution in [-0.4, -0.2) is 48.5 Å². The zero-order valence-electron chi connectivity index (χ0n) is 18.7. The topological polar surface area (TPSA) is 112 Å². The number of nitrogens with two attached hydrogens (primary N) is 1. The van der Waals surface area contributed by atoms with Crippen molar-refractivity contribution in [1.29, 1.82) is 0 Å². The van der Waals surface area contributed by atoms with Crippen LogP contribution in [0.25, 0.3) is 22.1 Å². The van der Waals surface area contributed by atoms with E-state index >= 15 is 0 Å². The molecule has 6 rings (SSSR count). The monoisotopic (exact) mass is 528 g/mol. The maximum Gasteiger partial charge on any atom is 0.142 e. The molecule has 1 fully saturated rings. The van der Waals surface area contributed by atoms with Crippen LogP contribution in [0.15, 0.2) is 55.4 Å². The van der Waals surface area contributed by atoms with Crippen molar-refractivity contribution in [3.8, 4) is 0 Å². The van der Waals surface area contributed by atoms with Gasteiger partial charge in [0.05, 0.1) is 20.8 Å². The Hall–Kier alpha value is -2.91. The number of aromatic amines is 2. The second kappa shape index (κ2) is 9.99. The van der Waals surface area contributed by atoms with Crippen molar-refractivity contribution in [2.75, 3.05) is 18.0 Å². The molecule has 0 bridgehead atoms. The summed E-state index contributed by atoms with van der Waals surface area (Å²) in [5, 5.41) is 3.56. The highest BCUT2D eigenvalue weighted by molar-refractivity contribution is 6.42. The number of nitrogens with zero attached hydrogens (tertiary/aromatic N) is 5. The number of nitrogens with one attached hydrogen (secondary N) is 2. The van der Waals surface area contributed by atoms with E-state index in [0.717, 1.165) is 65.8 Å². The summed E-state index contributed by atoms with van der Waals surface area (Å²) in [6.07, 6.45) is 9.29. The Morgan fingerprint density at radius 1 is 0.829 bits per heavy atom. The normalized spacial score (nSPS) is 15.3. The molecule has 0 aliphatic carbocycles. The zero-order chi connectivity index (χ0) is 24.4. The van der Waals surface area contributed by atoms with Gasteiger partial charge in [-0.05, 0) is 49.1 Å². The third-order valence-electron chi connectivity index (χ3n) is 6.24. The maximum absolute atomic E-state index is 6.67. The van der Waals surface area contributed by atoms with Crippen LogP contribution < -0.4 is 10.6 Å². The largest absolute Gasteiger partial charge is 0.356 e. The van der Waals surface area contributed by atoms with Gasteiger partial charge in [0.1, 0.15) is 34.9 Å². The van der Waals surface area contributed by atoms with Gasteiger partial charge < -0.3 is 20.6 Å². The van der Waals surface area contributed by atoms with Crippen LogP contribution in [0, 0.1) is 0 Å². The van der Waals surface area contributed by atoms with Gasteiger partial charge in [0.2, 0.25) is 0 Å². The lowest BCUT2D eigenvalue weighted by molar-refractivity contribution is 0.330. The average Bonchev–Trinajstić information content (AvgIpc) is 3.53. The van der Waals surface area contributed by atoms with Crippen molar-refractivity contribution in [1.82, 2.24) is 29.9 Å². The van der Waals surface area contributed by atoms with Gasteiger partial charge >= 0.3 is 0 Å². The molecule has 0 radical (unpaired) electrons. The van der Waals surface area contributed by atoms with Crippen LogP contribution in [0.2, 0.25) is 15.2 Å². The lowest BCUT2D eigenvalue weighted by Crippen LogP contribution is -2.52. The van der Waals surface area contributed by atoms with E-state index in [9.17, 15) is 0 Å². The molecule has 1 saturated heterocycles. The molecule has 8 nitrogen and oxygen atoms in total. The first kappa shape index (κ1) is 23.8. The number of fused-ring (bicyclic) bond motifs is 2. The molecule has 0 amide bonds. The number of hydrogen-bond donors (Lipinski definition) is 3. The number of anilines is 1. The van der Waals surface area contributed by atoms with Gasteiger partial charge in [-0.1, -0.05) is 40.9 Å². The standard InChI is InChI=1S/C18H19Cl2N5.C6H4ClN3/c19-14-2-1-12(9-15(14)20)10-18(21)4-7-25(8-5-18)17-13-3-6-22-16(13)23-11-24-17;7-5-4-1-2-8-6(4)10-3-9-5/h1-3,6,9,11H,4-5,7-8,10,21H2,(H,22,23,24);1-3H,(H,8,9,10). The fraction of sp³-hybridized carbons (Fsp3) is 0.250. The van der Waals surface area contributed by atoms with E-state index in [4.69, 9.17) is 40.5 Å². The highest BCUT2D eigenvalue weighted by atomic mass is 35.5. The predicted octanol–water partition coefficient (Wildman–Crippen LogP) is 5.42. The van der Waals surface area contributed by atoms with Gasteiger partial charge in [0.25, 0.3) is 0 Å². The molecule has 0 spiro atoms. The summed E-state index contributed by atoms with van der Waals surface area (Å²) in [5.74, 6) is 0.975. The number of piperidine rings is 1. The molecule has 5 aromatic rings. The van der Waals surface area contributed by atoms with Crippen molar-refractivity contribution >= 4 is 62.7 Å². The van der Waals surface area contributed by atoms with E-state index in [1.54, 1.807) is 12.5 Å². The van der Waals surface area contributed by atoms with Gasteiger partial charge in [-0.15, -0.1) is 0 Å². The first-order valence-corrected chi connectivity index (χ1v) is 12.2. The molecule has 5 heterocycles. The SMILES string of the molecule is Clc1ncnc2[nH]ccc12.NC1(Cc2ccc(Cl)c(Cl)c2)CCN(c2ncnc3[nH]ccc23)CC1. The Balaban J connectivity index is 0.000000211. The number of hydrogen-bond acceptors (Lipinski definition) is 6. The lowest BCUT2D eigenvalue weighted by atomic mass is 9.83. The van der Waals surface area contributed by atoms with E-state index in [0.29, 0.717) is 15.2 Å². The molecule has 4 N–H and O–H groups in total. The van der Waals surface area contributed by atoms with Crippen LogP contribution in [0.1, 0.15) is 18.4 Å². The van der Waals surface area contributed by atoms with E-state index in [1.165, 1.54) is 6.33 Å². The molecule has 0 saturated carbocycles. The molecule has 1 aliphatic rings. The third kappa shape index (κ3) is 5.21. The maximum atomic E-state index is 6.67. The van der Waals surface area contributed by atoms with Crippen LogP contribution in [0.3, 0.4) is 0 Å². The van der Waals surface area contributed by atoms with Gasteiger partial charge in [0.15, 0.2) is 0 Å². The fourth-order valence-electron chi connectivity index (χ4n) is 4.35. The van der Waals surface area contributed by atoms with Gasteiger partial charge in [0, 0.05) is 31.0 Å². The number of halogens is 3. The average molecular weight is 530 g/mol. The third-order valence-corrected chi connectivity index (χ3v) is 7.28. The molecule has 0 unspecified atom stereocenters. The molecule has 1 aliphatic heterocycles. The number of benzene rings is 1. The summed E-state index contributed by atoms with van der Waals surface area (Å²) in [6, 6.07) is 9.62. The molecule has 0 atom stereocenters. The smallest absolute Gasteiger partial charge is 0.142 e. The van der Waals surface area contributed by atoms with Crippen LogP contribution in [0.5, 0.6) is 0 Å². The number of aromatic nitrogens is 6. The highest BCUT2D eigenvalue weighted by Crippen LogP contribution is 2.31. The lowest BCUT2D eigenvalue weighted by Gasteiger charge is -2.40. The van der Waals surface area contributed by atoms with Crippen LogP contribution in [0.4, 0.5) is 5.82 Å². The zero-order valence-corrected chi connectivity index (χ0v) is 20.9. The molecular formula is C24H23Cl3N8. The molecular weight excluding hydrogens is 507 g/mol. The summed E-state index contributed by atoms with van der Waals surface area (Å²) in [4.78, 5) is 24.8. The Morgan fingerprint density at radius 3 is 2.17 bits per heavy atom. The van der Waals surface area contributed by atoms with Crippen molar-refractivity contribution in [2.24, 2.45) is 5.73 Å². The van der Waals surface area contributed by atoms with E-state index in [1.807, 2.05) is 36.5 Å². The van der Waals surface area contributed by atoms with Crippen molar-refractivity contribution in [3.05, 3.63) is 76.1 Å². The Kier molecular flexibility index (Phi) is 6.80. The van der Waals surface area contributed by atoms with Crippen LogP contribution >= 0.6 is 34.8 Å². The second-order valence-corrected chi connectivity index (χ2v) is 9.79. The fourth-order valence-corrected chi connectivity index (χ4v) is 4.87. The first-order valence-electron chi connectivity index (χ1n) is 11.1. The summed E-state index contributed by atoms with van der Waals surface area (Å²) in [6.45, 7) is 1.74. The van der Waals surface area contributed by atoms with Crippen molar-refractivity contribution in [2.45, 2.75) is 24.8 Å². The van der Waals surface area contributed by atoms with Crippen molar-refractivity contribution < 1.29 is 0 Å². The molecule has 180 valence electrons. The molecule has 11 heteroatoms. The quantitative estimate of drug-likeness (QED) is 0.269. The Morgan fingerprint density at radius 2 is 1.49 bits per heavy atom. The summed E-state index contributed by atoms with van der Waals surface area (Å²) >= 11 is 17.9. The minimum atomic E-state index is -0.238. The number of H-pyrrole nitrogens is 2. The number of rotatable bonds is 3.